The fourth-order valence-electron chi connectivity index (χ4n) is 3.29. The topological polar surface area (TPSA) is 70.7 Å². The molecule has 0 radical (unpaired) electrons. The average Bonchev–Trinajstić information content (AvgIpc) is 2.97. The quantitative estimate of drug-likeness (QED) is 0.872. The summed E-state index contributed by atoms with van der Waals surface area (Å²) in [5.74, 6) is 0.791. The maximum Gasteiger partial charge on any atom is 0.163 e. The van der Waals surface area contributed by atoms with Crippen LogP contribution in [0.25, 0.3) is 0 Å². The molecule has 6 heteroatoms. The lowest BCUT2D eigenvalue weighted by atomic mass is 9.85. The second-order valence-corrected chi connectivity index (χ2v) is 6.15. The van der Waals surface area contributed by atoms with Crippen LogP contribution in [-0.4, -0.2) is 15.6 Å². The van der Waals surface area contributed by atoms with Gasteiger partial charge in [-0.25, -0.2) is 4.68 Å². The first kappa shape index (κ1) is 14.0. The molecule has 2 aromatic rings. The Balaban J connectivity index is 1.94. The number of allylic oxidation sites excluding steroid dienone is 2. The fraction of sp³-hybridized carbons (Fsp3) is 0.235. The Hall–Kier alpha value is -2.58. The van der Waals surface area contributed by atoms with Gasteiger partial charge in [0.15, 0.2) is 5.78 Å². The van der Waals surface area contributed by atoms with Crippen molar-refractivity contribution in [2.24, 2.45) is 0 Å². The first-order valence-electron chi connectivity index (χ1n) is 7.45. The van der Waals surface area contributed by atoms with Crippen LogP contribution in [0.3, 0.4) is 0 Å². The van der Waals surface area contributed by atoms with Crippen LogP contribution in [0, 0.1) is 11.3 Å². The first-order valence-corrected chi connectivity index (χ1v) is 7.83. The van der Waals surface area contributed by atoms with E-state index in [9.17, 15) is 10.1 Å². The molecule has 1 atom stereocenters. The minimum absolute atomic E-state index is 0.137. The molecule has 0 fully saturated rings. The number of halogens is 1. The highest BCUT2D eigenvalue weighted by Crippen LogP contribution is 2.41. The Morgan fingerprint density at radius 2 is 2.09 bits per heavy atom. The maximum atomic E-state index is 12.5. The number of hydrogen-bond acceptors (Lipinski definition) is 4. The summed E-state index contributed by atoms with van der Waals surface area (Å²) in [7, 11) is 0. The molecule has 2 aliphatic rings. The Bertz CT molecular complexity index is 873. The number of aromatic nitrogens is 2. The highest BCUT2D eigenvalue weighted by molar-refractivity contribution is 6.30. The number of Topliss-reactive ketones (excluding diaryl/α,β-unsaturated/α-hetero) is 1. The fourth-order valence-corrected chi connectivity index (χ4v) is 3.42. The van der Waals surface area contributed by atoms with Crippen molar-refractivity contribution < 1.29 is 4.79 Å². The van der Waals surface area contributed by atoms with E-state index in [1.54, 1.807) is 16.8 Å². The van der Waals surface area contributed by atoms with Crippen molar-refractivity contribution in [2.45, 2.75) is 25.3 Å². The monoisotopic (exact) mass is 324 g/mol. The normalized spacial score (nSPS) is 19.7. The zero-order valence-corrected chi connectivity index (χ0v) is 13.0. The second-order valence-electron chi connectivity index (χ2n) is 5.71. The highest BCUT2D eigenvalue weighted by atomic mass is 35.5. The van der Waals surface area contributed by atoms with Crippen molar-refractivity contribution in [1.29, 1.82) is 5.26 Å². The van der Waals surface area contributed by atoms with E-state index in [1.165, 1.54) is 6.20 Å². The van der Waals surface area contributed by atoms with Crippen molar-refractivity contribution in [1.82, 2.24) is 9.78 Å². The standard InChI is InChI=1S/C17H13ClN4O/c18-12-6-4-10(5-7-12)16-15-13(2-1-3-14(15)23)21-17-11(8-19)9-20-22(16)17/h4-7,9,16,21H,1-3H2/t16-/m0/s1. The molecule has 0 unspecified atom stereocenters. The summed E-state index contributed by atoms with van der Waals surface area (Å²) in [6.07, 6.45) is 3.72. The number of carbonyl (C=O) groups is 1. The first-order chi connectivity index (χ1) is 11.2. The lowest BCUT2D eigenvalue weighted by molar-refractivity contribution is -0.116. The molecule has 1 aliphatic carbocycles. The minimum atomic E-state index is -0.312. The molecular weight excluding hydrogens is 312 g/mol. The highest BCUT2D eigenvalue weighted by Gasteiger charge is 2.36. The molecule has 1 aromatic heterocycles. The summed E-state index contributed by atoms with van der Waals surface area (Å²) in [5.41, 5.74) is 3.07. The van der Waals surface area contributed by atoms with E-state index >= 15 is 0 Å². The second kappa shape index (κ2) is 5.25. The predicted molar refractivity (Wildman–Crippen MR) is 86.0 cm³/mol. The smallest absolute Gasteiger partial charge is 0.163 e. The molecule has 4 rings (SSSR count). The number of nitrogens with zero attached hydrogens (tertiary/aromatic N) is 3. The predicted octanol–water partition coefficient (Wildman–Crippen LogP) is 3.43. The summed E-state index contributed by atoms with van der Waals surface area (Å²) >= 11 is 5.99. The van der Waals surface area contributed by atoms with Gasteiger partial charge in [0.25, 0.3) is 0 Å². The Morgan fingerprint density at radius 1 is 1.30 bits per heavy atom. The molecule has 0 bridgehead atoms. The molecule has 5 nitrogen and oxygen atoms in total. The van der Waals surface area contributed by atoms with Crippen LogP contribution in [-0.2, 0) is 4.79 Å². The van der Waals surface area contributed by atoms with Gasteiger partial charge in [0, 0.05) is 22.7 Å². The van der Waals surface area contributed by atoms with E-state index in [-0.39, 0.29) is 11.8 Å². The number of carbonyl (C=O) groups excluding carboxylic acids is 1. The van der Waals surface area contributed by atoms with Gasteiger partial charge in [-0.2, -0.15) is 10.4 Å². The van der Waals surface area contributed by atoms with Gasteiger partial charge in [-0.3, -0.25) is 4.79 Å². The summed E-state index contributed by atoms with van der Waals surface area (Å²) in [5, 5.41) is 17.5. The number of fused-ring (bicyclic) bond motifs is 1. The number of hydrogen-bond donors (Lipinski definition) is 1. The molecule has 1 aliphatic heterocycles. The van der Waals surface area contributed by atoms with Gasteiger partial charge < -0.3 is 5.32 Å². The molecule has 0 spiro atoms. The largest absolute Gasteiger partial charge is 0.342 e. The molecule has 0 saturated carbocycles. The summed E-state index contributed by atoms with van der Waals surface area (Å²) in [6.45, 7) is 0. The number of nitriles is 1. The van der Waals surface area contributed by atoms with Crippen LogP contribution < -0.4 is 5.32 Å². The van der Waals surface area contributed by atoms with E-state index in [0.29, 0.717) is 22.8 Å². The lowest BCUT2D eigenvalue weighted by Gasteiger charge is -2.33. The van der Waals surface area contributed by atoms with Gasteiger partial charge in [-0.05, 0) is 30.5 Å². The van der Waals surface area contributed by atoms with Gasteiger partial charge in [0.05, 0.1) is 6.20 Å². The molecule has 114 valence electrons. The lowest BCUT2D eigenvalue weighted by Crippen LogP contribution is -2.31. The van der Waals surface area contributed by atoms with Gasteiger partial charge >= 0.3 is 0 Å². The Kier molecular flexibility index (Phi) is 3.21. The molecule has 1 N–H and O–H groups in total. The van der Waals surface area contributed by atoms with E-state index in [1.807, 2.05) is 12.1 Å². The van der Waals surface area contributed by atoms with Crippen LogP contribution >= 0.6 is 11.6 Å². The Morgan fingerprint density at radius 3 is 2.83 bits per heavy atom. The number of ketones is 1. The number of rotatable bonds is 1. The van der Waals surface area contributed by atoms with Crippen molar-refractivity contribution in [3.63, 3.8) is 0 Å². The van der Waals surface area contributed by atoms with Gasteiger partial charge in [-0.15, -0.1) is 0 Å². The third kappa shape index (κ3) is 2.14. The molecule has 23 heavy (non-hydrogen) atoms. The zero-order valence-electron chi connectivity index (χ0n) is 12.2. The number of nitrogens with one attached hydrogen (secondary N) is 1. The van der Waals surface area contributed by atoms with Crippen molar-refractivity contribution >= 4 is 23.2 Å². The molecule has 2 heterocycles. The summed E-state index contributed by atoms with van der Waals surface area (Å²) < 4.78 is 1.73. The van der Waals surface area contributed by atoms with Crippen molar-refractivity contribution in [2.75, 3.05) is 5.32 Å². The Labute approximate surface area is 138 Å². The number of anilines is 1. The van der Waals surface area contributed by atoms with Crippen LogP contribution in [0.4, 0.5) is 5.82 Å². The van der Waals surface area contributed by atoms with Crippen LogP contribution in [0.1, 0.15) is 36.4 Å². The molecular formula is C17H13ClN4O. The van der Waals surface area contributed by atoms with E-state index in [4.69, 9.17) is 11.6 Å². The van der Waals surface area contributed by atoms with E-state index < -0.39 is 0 Å². The maximum absolute atomic E-state index is 12.5. The molecule has 1 aromatic carbocycles. The third-order valence-corrected chi connectivity index (χ3v) is 4.60. The third-order valence-electron chi connectivity index (χ3n) is 4.35. The van der Waals surface area contributed by atoms with Crippen molar-refractivity contribution in [3.05, 3.63) is 57.9 Å². The van der Waals surface area contributed by atoms with Gasteiger partial charge in [0.1, 0.15) is 23.5 Å². The zero-order chi connectivity index (χ0) is 16.0. The molecule has 0 amide bonds. The van der Waals surface area contributed by atoms with Crippen LogP contribution in [0.5, 0.6) is 0 Å². The van der Waals surface area contributed by atoms with Crippen LogP contribution in [0.15, 0.2) is 41.7 Å². The van der Waals surface area contributed by atoms with E-state index in [0.717, 1.165) is 29.7 Å². The van der Waals surface area contributed by atoms with Crippen molar-refractivity contribution in [3.8, 4) is 6.07 Å². The summed E-state index contributed by atoms with van der Waals surface area (Å²) in [4.78, 5) is 12.5. The van der Waals surface area contributed by atoms with E-state index in [2.05, 4.69) is 16.5 Å². The summed E-state index contributed by atoms with van der Waals surface area (Å²) in [6, 6.07) is 9.26. The van der Waals surface area contributed by atoms with Gasteiger partial charge in [0.2, 0.25) is 0 Å². The average molecular weight is 325 g/mol. The minimum Gasteiger partial charge on any atom is -0.342 e. The van der Waals surface area contributed by atoms with Gasteiger partial charge in [-0.1, -0.05) is 23.7 Å². The molecule has 0 saturated heterocycles. The SMILES string of the molecule is N#Cc1cnn2c1NC1=C(C(=O)CCC1)[C@@H]2c1ccc(Cl)cc1. The number of benzene rings is 1. The van der Waals surface area contributed by atoms with Crippen LogP contribution in [0.2, 0.25) is 5.02 Å².